The maximum absolute atomic E-state index is 5.63. The largest absolute Gasteiger partial charge is 0.373 e. The molecule has 21 heavy (non-hydrogen) atoms. The van der Waals surface area contributed by atoms with E-state index in [1.807, 2.05) is 0 Å². The van der Waals surface area contributed by atoms with Crippen molar-refractivity contribution in [3.63, 3.8) is 0 Å². The van der Waals surface area contributed by atoms with E-state index >= 15 is 0 Å². The van der Waals surface area contributed by atoms with Crippen LogP contribution < -0.4 is 5.32 Å². The quantitative estimate of drug-likeness (QED) is 0.513. The molecule has 0 aliphatic heterocycles. The molecule has 4 nitrogen and oxygen atoms in total. The first-order chi connectivity index (χ1) is 10.3. The van der Waals surface area contributed by atoms with Crippen molar-refractivity contribution in [1.82, 2.24) is 9.97 Å². The minimum absolute atomic E-state index is 0.519. The molecule has 0 saturated heterocycles. The fourth-order valence-corrected chi connectivity index (χ4v) is 3.59. The highest BCUT2D eigenvalue weighted by molar-refractivity contribution is 14.1. The third-order valence-corrected chi connectivity index (χ3v) is 4.85. The molecule has 2 rings (SSSR count). The second kappa shape index (κ2) is 8.88. The van der Waals surface area contributed by atoms with Gasteiger partial charge in [-0.3, -0.25) is 0 Å². The third kappa shape index (κ3) is 4.77. The molecule has 0 amide bonds. The van der Waals surface area contributed by atoms with Crippen LogP contribution in [-0.4, -0.2) is 23.1 Å². The zero-order chi connectivity index (χ0) is 15.1. The van der Waals surface area contributed by atoms with Gasteiger partial charge in [0.15, 0.2) is 5.82 Å². The number of nitrogens with one attached hydrogen (secondary N) is 1. The molecule has 1 saturated carbocycles. The van der Waals surface area contributed by atoms with Gasteiger partial charge in [-0.1, -0.05) is 26.7 Å². The lowest BCUT2D eigenvalue weighted by atomic mass is 10.0. The highest BCUT2D eigenvalue weighted by atomic mass is 127. The van der Waals surface area contributed by atoms with Gasteiger partial charge in [-0.15, -0.1) is 0 Å². The first-order valence-corrected chi connectivity index (χ1v) is 9.22. The molecule has 1 aromatic heterocycles. The van der Waals surface area contributed by atoms with E-state index in [2.05, 4.69) is 46.7 Å². The Morgan fingerprint density at radius 3 is 2.62 bits per heavy atom. The number of hydrogen-bond acceptors (Lipinski definition) is 4. The van der Waals surface area contributed by atoms with Gasteiger partial charge >= 0.3 is 0 Å². The monoisotopic (exact) mass is 403 g/mol. The van der Waals surface area contributed by atoms with Crippen molar-refractivity contribution >= 4 is 28.4 Å². The van der Waals surface area contributed by atoms with E-state index in [1.54, 1.807) is 0 Å². The van der Waals surface area contributed by atoms with E-state index in [-0.39, 0.29) is 0 Å². The summed E-state index contributed by atoms with van der Waals surface area (Å²) in [7, 11) is 0. The van der Waals surface area contributed by atoms with Gasteiger partial charge in [0.2, 0.25) is 0 Å². The topological polar surface area (TPSA) is 47.0 Å². The van der Waals surface area contributed by atoms with Crippen molar-refractivity contribution in [2.75, 3.05) is 18.5 Å². The summed E-state index contributed by atoms with van der Waals surface area (Å²) < 4.78 is 6.83. The molecule has 1 fully saturated rings. The van der Waals surface area contributed by atoms with E-state index in [1.165, 1.54) is 34.9 Å². The maximum atomic E-state index is 5.63. The molecule has 0 unspecified atom stereocenters. The summed E-state index contributed by atoms with van der Waals surface area (Å²) in [6.45, 7) is 6.53. The molecule has 1 N–H and O–H groups in total. The zero-order valence-corrected chi connectivity index (χ0v) is 15.3. The zero-order valence-electron chi connectivity index (χ0n) is 13.1. The lowest BCUT2D eigenvalue weighted by molar-refractivity contribution is 0.116. The molecule has 1 aliphatic carbocycles. The normalized spacial score (nSPS) is 15.6. The molecule has 1 heterocycles. The lowest BCUT2D eigenvalue weighted by Gasteiger charge is -2.16. The average Bonchev–Trinajstić information content (AvgIpc) is 3.01. The van der Waals surface area contributed by atoms with Gasteiger partial charge in [0.05, 0.1) is 9.26 Å². The molecule has 1 aromatic rings. The lowest BCUT2D eigenvalue weighted by Crippen LogP contribution is -2.13. The molecule has 0 spiro atoms. The number of ether oxygens (including phenoxy) is 1. The summed E-state index contributed by atoms with van der Waals surface area (Å²) in [6, 6.07) is 0. The first-order valence-electron chi connectivity index (χ1n) is 8.14. The average molecular weight is 403 g/mol. The Bertz CT molecular complexity index is 447. The van der Waals surface area contributed by atoms with Gasteiger partial charge in [-0.2, -0.15) is 0 Å². The van der Waals surface area contributed by atoms with E-state index < -0.39 is 0 Å². The van der Waals surface area contributed by atoms with E-state index in [4.69, 9.17) is 9.72 Å². The van der Waals surface area contributed by atoms with Crippen LogP contribution in [0.4, 0.5) is 5.82 Å². The highest BCUT2D eigenvalue weighted by Crippen LogP contribution is 2.36. The predicted octanol–water partition coefficient (Wildman–Crippen LogP) is 4.49. The van der Waals surface area contributed by atoms with E-state index in [9.17, 15) is 0 Å². The van der Waals surface area contributed by atoms with Crippen molar-refractivity contribution < 1.29 is 4.74 Å². The fraction of sp³-hybridized carbons (Fsp3) is 0.750. The number of anilines is 1. The van der Waals surface area contributed by atoms with Gasteiger partial charge < -0.3 is 10.1 Å². The van der Waals surface area contributed by atoms with Crippen molar-refractivity contribution in [1.29, 1.82) is 0 Å². The van der Waals surface area contributed by atoms with Gasteiger partial charge in [0.1, 0.15) is 12.4 Å². The summed E-state index contributed by atoms with van der Waals surface area (Å²) in [4.78, 5) is 9.47. The van der Waals surface area contributed by atoms with Crippen molar-refractivity contribution in [2.24, 2.45) is 0 Å². The first kappa shape index (κ1) is 16.9. The molecule has 5 heteroatoms. The molecular weight excluding hydrogens is 377 g/mol. The number of nitrogens with zero attached hydrogens (tertiary/aromatic N) is 2. The van der Waals surface area contributed by atoms with Crippen molar-refractivity contribution in [3.8, 4) is 0 Å². The summed E-state index contributed by atoms with van der Waals surface area (Å²) in [5.41, 5.74) is 1.23. The molecule has 0 radical (unpaired) electrons. The predicted molar refractivity (Wildman–Crippen MR) is 94.7 cm³/mol. The molecule has 0 aromatic carbocycles. The maximum Gasteiger partial charge on any atom is 0.156 e. The minimum atomic E-state index is 0.519. The van der Waals surface area contributed by atoms with Gasteiger partial charge in [0, 0.05) is 19.1 Å². The summed E-state index contributed by atoms with van der Waals surface area (Å²) in [6.07, 6.45) is 7.29. The smallest absolute Gasteiger partial charge is 0.156 e. The van der Waals surface area contributed by atoms with Crippen LogP contribution in [0.15, 0.2) is 0 Å². The van der Waals surface area contributed by atoms with Crippen molar-refractivity contribution in [2.45, 2.75) is 64.9 Å². The Kier molecular flexibility index (Phi) is 7.16. The Hall–Kier alpha value is -0.430. The van der Waals surface area contributed by atoms with Crippen LogP contribution in [0.5, 0.6) is 0 Å². The SMILES string of the molecule is CCCNc1nc(COCCC)nc(C2CCCC2)c1I. The van der Waals surface area contributed by atoms with Crippen molar-refractivity contribution in [3.05, 3.63) is 15.1 Å². The molecule has 118 valence electrons. The highest BCUT2D eigenvalue weighted by Gasteiger charge is 2.23. The Morgan fingerprint density at radius 1 is 1.19 bits per heavy atom. The Labute approximate surface area is 141 Å². The van der Waals surface area contributed by atoms with Gasteiger partial charge in [-0.25, -0.2) is 9.97 Å². The van der Waals surface area contributed by atoms with Crippen LogP contribution in [0, 0.1) is 3.57 Å². The van der Waals surface area contributed by atoms with Crippen LogP contribution in [0.3, 0.4) is 0 Å². The van der Waals surface area contributed by atoms with Crippen LogP contribution >= 0.6 is 22.6 Å². The minimum Gasteiger partial charge on any atom is -0.373 e. The standard InChI is InChI=1S/C16H26IN3O/c1-3-9-18-16-14(17)15(12-7-5-6-8-12)19-13(20-16)11-21-10-4-2/h12H,3-11H2,1-2H3,(H,18,19,20). The summed E-state index contributed by atoms with van der Waals surface area (Å²) in [5, 5.41) is 3.44. The number of halogens is 1. The van der Waals surface area contributed by atoms with Crippen LogP contribution in [0.1, 0.15) is 69.8 Å². The number of aromatic nitrogens is 2. The number of hydrogen-bond donors (Lipinski definition) is 1. The molecule has 0 atom stereocenters. The molecule has 0 bridgehead atoms. The molecule has 1 aliphatic rings. The van der Waals surface area contributed by atoms with Crippen LogP contribution in [0.2, 0.25) is 0 Å². The van der Waals surface area contributed by atoms with Crippen LogP contribution in [-0.2, 0) is 11.3 Å². The summed E-state index contributed by atoms with van der Waals surface area (Å²) in [5.74, 6) is 2.42. The van der Waals surface area contributed by atoms with E-state index in [0.717, 1.165) is 37.6 Å². The second-order valence-corrected chi connectivity index (χ2v) is 6.73. The number of rotatable bonds is 8. The van der Waals surface area contributed by atoms with Gasteiger partial charge in [0.25, 0.3) is 0 Å². The molecular formula is C16H26IN3O. The Morgan fingerprint density at radius 2 is 1.95 bits per heavy atom. The van der Waals surface area contributed by atoms with Crippen LogP contribution in [0.25, 0.3) is 0 Å². The Balaban J connectivity index is 2.21. The second-order valence-electron chi connectivity index (χ2n) is 5.65. The van der Waals surface area contributed by atoms with Gasteiger partial charge in [-0.05, 0) is 48.3 Å². The van der Waals surface area contributed by atoms with E-state index in [0.29, 0.717) is 12.5 Å². The summed E-state index contributed by atoms with van der Waals surface area (Å²) >= 11 is 2.40. The third-order valence-electron chi connectivity index (χ3n) is 3.79. The fourth-order valence-electron chi connectivity index (χ4n) is 2.72.